The minimum absolute atomic E-state index is 0.475. The number of benzene rings is 2. The smallest absolute Gasteiger partial charge is 0.178 e. The molecule has 29 heavy (non-hydrogen) atoms. The average Bonchev–Trinajstić information content (AvgIpc) is 3.00. The highest BCUT2D eigenvalue weighted by Crippen LogP contribution is 2.35. The summed E-state index contributed by atoms with van der Waals surface area (Å²) >= 11 is 18.6. The summed E-state index contributed by atoms with van der Waals surface area (Å²) in [5, 5.41) is 16.4. The molecule has 0 spiro atoms. The molecule has 1 N–H and O–H groups in total. The predicted octanol–water partition coefficient (Wildman–Crippen LogP) is 6.08. The highest BCUT2D eigenvalue weighted by atomic mass is 35.5. The van der Waals surface area contributed by atoms with Crippen molar-refractivity contribution in [2.45, 2.75) is 6.92 Å². The molecule has 0 saturated carbocycles. The summed E-state index contributed by atoms with van der Waals surface area (Å²) in [5.41, 5.74) is 3.33. The predicted molar refractivity (Wildman–Crippen MR) is 116 cm³/mol. The monoisotopic (exact) mass is 444 g/mol. The number of hydrogen-bond donors (Lipinski definition) is 1. The van der Waals surface area contributed by atoms with Gasteiger partial charge in [-0.2, -0.15) is 0 Å². The van der Waals surface area contributed by atoms with Crippen LogP contribution in [0.5, 0.6) is 0 Å². The Kier molecular flexibility index (Phi) is 5.37. The topological polar surface area (TPSA) is 55.3 Å². The van der Waals surface area contributed by atoms with E-state index in [0.717, 1.165) is 21.6 Å². The Morgan fingerprint density at radius 1 is 0.897 bits per heavy atom. The molecule has 0 unspecified atom stereocenters. The van der Waals surface area contributed by atoms with Gasteiger partial charge in [0.25, 0.3) is 0 Å². The van der Waals surface area contributed by atoms with Gasteiger partial charge in [0.05, 0.1) is 21.8 Å². The number of hydrogen-bond acceptors (Lipinski definition) is 3. The largest absolute Gasteiger partial charge is 0.429 e. The van der Waals surface area contributed by atoms with E-state index in [2.05, 4.69) is 4.99 Å². The van der Waals surface area contributed by atoms with Crippen LogP contribution in [0.15, 0.2) is 72.0 Å². The van der Waals surface area contributed by atoms with E-state index in [9.17, 15) is 5.21 Å². The van der Waals surface area contributed by atoms with Crippen molar-refractivity contribution in [3.05, 3.63) is 93.0 Å². The van der Waals surface area contributed by atoms with Crippen LogP contribution in [0.4, 0.5) is 5.82 Å². The summed E-state index contributed by atoms with van der Waals surface area (Å²) in [6, 6.07) is 16.1. The Bertz CT molecular complexity index is 1240. The Labute approximate surface area is 182 Å². The second kappa shape index (κ2) is 7.95. The van der Waals surface area contributed by atoms with Crippen molar-refractivity contribution < 1.29 is 5.21 Å². The summed E-state index contributed by atoms with van der Waals surface area (Å²) in [5.74, 6) is 0.539. The van der Waals surface area contributed by atoms with E-state index < -0.39 is 0 Å². The maximum atomic E-state index is 9.42. The van der Waals surface area contributed by atoms with Gasteiger partial charge >= 0.3 is 0 Å². The molecule has 4 rings (SSSR count). The van der Waals surface area contributed by atoms with E-state index in [-0.39, 0.29) is 0 Å². The lowest BCUT2D eigenvalue weighted by Gasteiger charge is -2.10. The Morgan fingerprint density at radius 2 is 1.55 bits per heavy atom. The Morgan fingerprint density at radius 3 is 2.21 bits per heavy atom. The number of rotatable bonds is 3. The summed E-state index contributed by atoms with van der Waals surface area (Å²) in [6.45, 7) is 1.95. The third-order valence-corrected chi connectivity index (χ3v) is 5.17. The summed E-state index contributed by atoms with van der Waals surface area (Å²) in [7, 11) is 0. The van der Waals surface area contributed by atoms with E-state index >= 15 is 0 Å². The van der Waals surface area contributed by atoms with Crippen molar-refractivity contribution in [1.29, 1.82) is 0 Å². The molecule has 0 aliphatic carbocycles. The Hall–Kier alpha value is -2.73. The highest BCUT2D eigenvalue weighted by molar-refractivity contribution is 6.35. The third kappa shape index (κ3) is 4.03. The van der Waals surface area contributed by atoms with Gasteiger partial charge in [-0.25, -0.2) is 14.4 Å². The van der Waals surface area contributed by atoms with E-state index in [0.29, 0.717) is 31.9 Å². The molecule has 5 nitrogen and oxygen atoms in total. The molecule has 0 saturated heterocycles. The second-order valence-electron chi connectivity index (χ2n) is 6.36. The molecule has 0 bridgehead atoms. The van der Waals surface area contributed by atoms with Gasteiger partial charge in [0.15, 0.2) is 5.82 Å². The first-order valence-corrected chi connectivity index (χ1v) is 9.79. The minimum atomic E-state index is 0.475. The molecule has 0 atom stereocenters. The molecule has 2 heterocycles. The van der Waals surface area contributed by atoms with Crippen LogP contribution in [0.1, 0.15) is 5.56 Å². The lowest BCUT2D eigenvalue weighted by molar-refractivity contribution is 0.184. The number of nitrogens with zero attached hydrogens (tertiary/aromatic N) is 4. The van der Waals surface area contributed by atoms with Gasteiger partial charge in [-0.15, -0.1) is 5.10 Å². The van der Waals surface area contributed by atoms with Crippen LogP contribution in [0.25, 0.3) is 16.9 Å². The highest BCUT2D eigenvalue weighted by Gasteiger charge is 2.19. The normalized spacial score (nSPS) is 10.9. The molecule has 0 aliphatic rings. The summed E-state index contributed by atoms with van der Waals surface area (Å²) in [4.78, 5) is 4.63. The molecular formula is C21H15Cl3N4O. The number of halogens is 3. The van der Waals surface area contributed by atoms with Crippen LogP contribution in [0.3, 0.4) is 0 Å². The van der Waals surface area contributed by atoms with E-state index in [4.69, 9.17) is 39.9 Å². The second-order valence-corrected chi connectivity index (χ2v) is 7.64. The molecule has 2 aromatic heterocycles. The minimum Gasteiger partial charge on any atom is -0.429 e. The van der Waals surface area contributed by atoms with Gasteiger partial charge in [-0.3, -0.25) is 0 Å². The third-order valence-electron chi connectivity index (χ3n) is 4.38. The van der Waals surface area contributed by atoms with Gasteiger partial charge in [0.1, 0.15) is 0 Å². The van der Waals surface area contributed by atoms with Crippen LogP contribution in [0.2, 0.25) is 15.1 Å². The first-order chi connectivity index (χ1) is 13.9. The van der Waals surface area contributed by atoms with Crippen LogP contribution in [0, 0.1) is 6.92 Å². The summed E-state index contributed by atoms with van der Waals surface area (Å²) < 4.78 is 2.71. The molecule has 8 heteroatoms. The fourth-order valence-corrected chi connectivity index (χ4v) is 3.59. The van der Waals surface area contributed by atoms with Gasteiger partial charge in [0.2, 0.25) is 0 Å². The van der Waals surface area contributed by atoms with E-state index in [1.54, 1.807) is 28.9 Å². The Balaban J connectivity index is 1.96. The quantitative estimate of drug-likeness (QED) is 0.389. The fraction of sp³-hybridized carbons (Fsp3) is 0.0476. The van der Waals surface area contributed by atoms with Gasteiger partial charge in [-0.05, 0) is 49.4 Å². The van der Waals surface area contributed by atoms with Crippen LogP contribution in [-0.4, -0.2) is 19.7 Å². The van der Waals surface area contributed by atoms with Crippen molar-refractivity contribution >= 4 is 40.6 Å². The molecule has 4 aromatic rings. The van der Waals surface area contributed by atoms with Crippen LogP contribution in [-0.2, 0) is 0 Å². The van der Waals surface area contributed by atoms with E-state index in [1.807, 2.05) is 37.3 Å². The van der Waals surface area contributed by atoms with Gasteiger partial charge in [-0.1, -0.05) is 46.9 Å². The fourth-order valence-electron chi connectivity index (χ4n) is 2.97. The van der Waals surface area contributed by atoms with Crippen LogP contribution < -0.4 is 5.36 Å². The van der Waals surface area contributed by atoms with Crippen LogP contribution >= 0.6 is 34.8 Å². The van der Waals surface area contributed by atoms with Crippen molar-refractivity contribution in [3.63, 3.8) is 0 Å². The van der Waals surface area contributed by atoms with E-state index in [1.165, 1.54) is 12.4 Å². The zero-order valence-corrected chi connectivity index (χ0v) is 17.5. The maximum Gasteiger partial charge on any atom is 0.178 e. The number of pyridine rings is 1. The van der Waals surface area contributed by atoms with Crippen molar-refractivity contribution in [2.75, 3.05) is 0 Å². The SMILES string of the molecule is Cc1c(N=c2ccn(O)cc2)nn(-c2ccc(Cl)cc2Cl)c1-c1ccc(Cl)cc1. The molecule has 0 fully saturated rings. The van der Waals surface area contributed by atoms with Crippen molar-refractivity contribution in [3.8, 4) is 16.9 Å². The number of aromatic nitrogens is 3. The zero-order valence-electron chi connectivity index (χ0n) is 15.2. The van der Waals surface area contributed by atoms with Crippen molar-refractivity contribution in [1.82, 2.24) is 14.5 Å². The first-order valence-electron chi connectivity index (χ1n) is 8.65. The lowest BCUT2D eigenvalue weighted by atomic mass is 10.1. The standard InChI is InChI=1S/C21H15Cl3N4O/c1-13-20(14-2-4-15(22)5-3-14)28(19-7-6-16(23)12-18(19)24)26-21(13)25-17-8-10-27(29)11-9-17/h2-12,29H,1H3. The molecule has 2 aromatic carbocycles. The van der Waals surface area contributed by atoms with Crippen molar-refractivity contribution in [2.24, 2.45) is 4.99 Å². The molecular weight excluding hydrogens is 431 g/mol. The molecule has 146 valence electrons. The molecule has 0 amide bonds. The molecule has 0 aliphatic heterocycles. The van der Waals surface area contributed by atoms with Gasteiger partial charge < -0.3 is 5.21 Å². The average molecular weight is 446 g/mol. The first kappa shape index (κ1) is 19.6. The lowest BCUT2D eigenvalue weighted by Crippen LogP contribution is -2.03. The van der Waals surface area contributed by atoms with Gasteiger partial charge in [0, 0.05) is 33.6 Å². The molecule has 0 radical (unpaired) electrons. The summed E-state index contributed by atoms with van der Waals surface area (Å²) in [6.07, 6.45) is 3.00. The zero-order chi connectivity index (χ0) is 20.5. The maximum absolute atomic E-state index is 9.42.